The predicted octanol–water partition coefficient (Wildman–Crippen LogP) is 4.85. The molecule has 1 saturated heterocycles. The Kier molecular flexibility index (Phi) is 10.9. The molecule has 5 rings (SSSR count). The minimum atomic E-state index is -4.33. The van der Waals surface area contributed by atoms with E-state index in [9.17, 15) is 28.6 Å². The zero-order chi connectivity index (χ0) is 35.7. The van der Waals surface area contributed by atoms with Gasteiger partial charge < -0.3 is 34.4 Å². The average Bonchev–Trinajstić information content (AvgIpc) is 3.35. The molecule has 14 heteroatoms. The number of nitrogens with zero attached hydrogens (tertiary/aromatic N) is 2. The van der Waals surface area contributed by atoms with Crippen molar-refractivity contribution in [2.24, 2.45) is 17.3 Å². The second kappa shape index (κ2) is 14.4. The van der Waals surface area contributed by atoms with Crippen molar-refractivity contribution < 1.29 is 42.6 Å². The Labute approximate surface area is 288 Å². The highest BCUT2D eigenvalue weighted by atomic mass is 31.2. The van der Waals surface area contributed by atoms with Gasteiger partial charge in [-0.2, -0.15) is 0 Å². The molecule has 1 aromatic rings. The molecule has 1 aliphatic carbocycles. The third-order valence-electron chi connectivity index (χ3n) is 10.1. The molecule has 3 aliphatic heterocycles. The van der Waals surface area contributed by atoms with E-state index in [2.05, 4.69) is 23.3 Å². The van der Waals surface area contributed by atoms with Crippen molar-refractivity contribution in [3.8, 4) is 0 Å². The monoisotopic (exact) mass is 702 g/mol. The Hall–Kier alpha value is -3.41. The van der Waals surface area contributed by atoms with Crippen molar-refractivity contribution in [1.82, 2.24) is 20.4 Å². The lowest BCUT2D eigenvalue weighted by Crippen LogP contribution is -2.58. The lowest BCUT2D eigenvalue weighted by molar-refractivity contribution is -0.142. The van der Waals surface area contributed by atoms with Crippen LogP contribution in [0.25, 0.3) is 0 Å². The van der Waals surface area contributed by atoms with E-state index in [-0.39, 0.29) is 38.5 Å². The van der Waals surface area contributed by atoms with Gasteiger partial charge in [-0.05, 0) is 60.6 Å². The smallest absolute Gasteiger partial charge is 0.410 e. The quantitative estimate of drug-likeness (QED) is 0.278. The number of nitrogens with one attached hydrogen (secondary N) is 2. The minimum absolute atomic E-state index is 0.0446. The van der Waals surface area contributed by atoms with Gasteiger partial charge in [0.1, 0.15) is 23.5 Å². The molecule has 3 heterocycles. The predicted molar refractivity (Wildman–Crippen MR) is 181 cm³/mol. The number of benzene rings is 1. The van der Waals surface area contributed by atoms with Gasteiger partial charge in [0.2, 0.25) is 11.8 Å². The molecular formula is C35H51N4O9P. The van der Waals surface area contributed by atoms with Gasteiger partial charge in [0.05, 0.1) is 19.8 Å². The summed E-state index contributed by atoms with van der Waals surface area (Å²) < 4.78 is 30.0. The highest BCUT2D eigenvalue weighted by Crippen LogP contribution is 2.70. The van der Waals surface area contributed by atoms with Gasteiger partial charge in [-0.1, -0.05) is 58.4 Å². The third kappa shape index (κ3) is 7.84. The summed E-state index contributed by atoms with van der Waals surface area (Å²) in [4.78, 5) is 68.8. The van der Waals surface area contributed by atoms with E-state index in [4.69, 9.17) is 14.0 Å². The first-order valence-corrected chi connectivity index (χ1v) is 18.9. The van der Waals surface area contributed by atoms with Crippen molar-refractivity contribution >= 4 is 31.6 Å². The Morgan fingerprint density at radius 2 is 1.96 bits per heavy atom. The summed E-state index contributed by atoms with van der Waals surface area (Å²) in [5.41, 5.74) is 2.57. The van der Waals surface area contributed by atoms with Crippen LogP contribution in [-0.4, -0.2) is 81.9 Å². The second-order valence-electron chi connectivity index (χ2n) is 14.9. The zero-order valence-corrected chi connectivity index (χ0v) is 30.1. The fraction of sp³-hybridized carbons (Fsp3) is 0.657. The largest absolute Gasteiger partial charge is 0.449 e. The molecule has 13 nitrogen and oxygen atoms in total. The maximum atomic E-state index is 14.3. The molecule has 4 aliphatic rings. The molecule has 1 aromatic carbocycles. The molecule has 49 heavy (non-hydrogen) atoms. The van der Waals surface area contributed by atoms with E-state index in [0.717, 1.165) is 36.8 Å². The van der Waals surface area contributed by atoms with Gasteiger partial charge >= 0.3 is 19.8 Å². The number of alkyl carbamates (subject to hydrolysis) is 1. The summed E-state index contributed by atoms with van der Waals surface area (Å²) in [6.45, 7) is 13.5. The van der Waals surface area contributed by atoms with Crippen molar-refractivity contribution in [2.75, 3.05) is 19.8 Å². The van der Waals surface area contributed by atoms with Crippen LogP contribution in [0, 0.1) is 17.3 Å². The Morgan fingerprint density at radius 3 is 2.63 bits per heavy atom. The maximum absolute atomic E-state index is 14.3. The molecule has 3 N–H and O–H groups in total. The molecule has 0 aromatic heterocycles. The SMILES string of the molecule is C=C[C@H]1C[C@]1(NC(=O)[C@@H]1C[C@@H]2CN1C(=O)[C@H](C(C)(C)C)NC(=O)OC[C@@H](C)CCCCc1cccc3c1CN(C3)C(=O)O2)P(=O)(O)OCC. The number of carbonyl (C=O) groups is 4. The summed E-state index contributed by atoms with van der Waals surface area (Å²) in [7, 11) is -4.33. The number of amides is 4. The number of hydrogen-bond donors (Lipinski definition) is 3. The van der Waals surface area contributed by atoms with Gasteiger partial charge in [-0.3, -0.25) is 19.1 Å². The lowest BCUT2D eigenvalue weighted by atomic mass is 9.85. The minimum Gasteiger partial charge on any atom is -0.449 e. The van der Waals surface area contributed by atoms with Crippen molar-refractivity contribution in [2.45, 2.75) is 110 Å². The Morgan fingerprint density at radius 1 is 1.22 bits per heavy atom. The van der Waals surface area contributed by atoms with E-state index in [0.29, 0.717) is 13.1 Å². The van der Waals surface area contributed by atoms with Crippen LogP contribution in [0.1, 0.15) is 83.4 Å². The van der Waals surface area contributed by atoms with Crippen LogP contribution in [0.5, 0.6) is 0 Å². The molecule has 0 spiro atoms. The molecule has 270 valence electrons. The number of rotatable bonds is 6. The third-order valence-corrected chi connectivity index (χ3v) is 12.4. The molecule has 4 bridgehead atoms. The Balaban J connectivity index is 1.44. The summed E-state index contributed by atoms with van der Waals surface area (Å²) in [5.74, 6) is -1.67. The first-order valence-electron chi connectivity index (χ1n) is 17.3. The van der Waals surface area contributed by atoms with Crippen LogP contribution in [0.15, 0.2) is 30.9 Å². The summed E-state index contributed by atoms with van der Waals surface area (Å²) in [6, 6.07) is 3.84. The molecular weight excluding hydrogens is 651 g/mol. The molecule has 1 unspecified atom stereocenters. The van der Waals surface area contributed by atoms with Crippen LogP contribution in [0.4, 0.5) is 9.59 Å². The zero-order valence-electron chi connectivity index (χ0n) is 29.2. The van der Waals surface area contributed by atoms with E-state index in [1.54, 1.807) is 32.6 Å². The first kappa shape index (κ1) is 36.9. The van der Waals surface area contributed by atoms with E-state index >= 15 is 0 Å². The molecule has 0 radical (unpaired) electrons. The highest BCUT2D eigenvalue weighted by molar-refractivity contribution is 7.55. The maximum Gasteiger partial charge on any atom is 0.410 e. The Bertz CT molecular complexity index is 1510. The number of aryl methyl sites for hydroxylation is 1. The standard InChI is InChI=1S/C35H51N4O9P/c1-7-25-17-35(25,49(44,45)47-8-2)37-30(40)28-16-26-19-39(28)31(41)29(34(4,5)6)36-32(42)46-21-22(3)12-9-10-13-23-14-11-15-24-18-38(20-27(23)24)33(43)48-26/h7,11,14-15,22,25-26,28-29H,1,8-10,12-13,16-21H2,2-6H3,(H,36,42)(H,37,40)(H,44,45)/t22-,25-,26+,28-,29+,35-/m0/s1. The normalized spacial score (nSPS) is 30.8. The van der Waals surface area contributed by atoms with Gasteiger partial charge in [0.25, 0.3) is 0 Å². The number of ether oxygens (including phenoxy) is 2. The number of hydrogen-bond acceptors (Lipinski definition) is 8. The lowest BCUT2D eigenvalue weighted by Gasteiger charge is -2.35. The molecule has 4 amide bonds. The van der Waals surface area contributed by atoms with Gasteiger partial charge in [-0.25, -0.2) is 9.59 Å². The summed E-state index contributed by atoms with van der Waals surface area (Å²) in [5, 5.41) is 3.87. The van der Waals surface area contributed by atoms with Crippen LogP contribution in [0.2, 0.25) is 0 Å². The fourth-order valence-electron chi connectivity index (χ4n) is 7.21. The van der Waals surface area contributed by atoms with Crippen molar-refractivity contribution in [3.63, 3.8) is 0 Å². The summed E-state index contributed by atoms with van der Waals surface area (Å²) in [6.07, 6.45) is 3.04. The van der Waals surface area contributed by atoms with Crippen LogP contribution in [0.3, 0.4) is 0 Å². The van der Waals surface area contributed by atoms with E-state index in [1.165, 1.54) is 16.5 Å². The highest BCUT2D eigenvalue weighted by Gasteiger charge is 2.67. The van der Waals surface area contributed by atoms with Crippen LogP contribution in [-0.2, 0) is 47.7 Å². The van der Waals surface area contributed by atoms with Crippen LogP contribution < -0.4 is 10.6 Å². The number of fused-ring (bicyclic) bond motifs is 3. The van der Waals surface area contributed by atoms with Crippen molar-refractivity contribution in [1.29, 1.82) is 0 Å². The van der Waals surface area contributed by atoms with E-state index < -0.39 is 66.4 Å². The van der Waals surface area contributed by atoms with Crippen LogP contribution >= 0.6 is 7.60 Å². The molecule has 1 saturated carbocycles. The second-order valence-corrected chi connectivity index (χ2v) is 17.0. The summed E-state index contributed by atoms with van der Waals surface area (Å²) >= 11 is 0. The number of carbonyl (C=O) groups excluding carboxylic acids is 4. The topological polar surface area (TPSA) is 164 Å². The number of cyclic esters (lactones) is 1. The van der Waals surface area contributed by atoms with E-state index in [1.807, 2.05) is 19.1 Å². The first-order chi connectivity index (χ1) is 23.1. The van der Waals surface area contributed by atoms with Gasteiger partial charge in [-0.15, -0.1) is 6.58 Å². The van der Waals surface area contributed by atoms with Crippen molar-refractivity contribution in [3.05, 3.63) is 47.5 Å². The fourth-order valence-corrected chi connectivity index (χ4v) is 8.99. The molecule has 2 fully saturated rings. The van der Waals surface area contributed by atoms with Gasteiger partial charge in [0.15, 0.2) is 0 Å². The molecule has 7 atom stereocenters. The average molecular weight is 703 g/mol. The van der Waals surface area contributed by atoms with Gasteiger partial charge in [0, 0.05) is 25.4 Å².